The summed E-state index contributed by atoms with van der Waals surface area (Å²) in [5, 5.41) is 2.93. The second kappa shape index (κ2) is 11.1. The summed E-state index contributed by atoms with van der Waals surface area (Å²) >= 11 is 0. The summed E-state index contributed by atoms with van der Waals surface area (Å²) in [6, 6.07) is 2.33. The van der Waals surface area contributed by atoms with Crippen molar-refractivity contribution >= 4 is 20.3 Å². The first kappa shape index (κ1) is 26.4. The fourth-order valence-electron chi connectivity index (χ4n) is 2.53. The van der Waals surface area contributed by atoms with Gasteiger partial charge in [-0.3, -0.25) is 0 Å². The van der Waals surface area contributed by atoms with Crippen LogP contribution in [0.15, 0.2) is 6.07 Å². The van der Waals surface area contributed by atoms with Crippen molar-refractivity contribution in [1.29, 1.82) is 0 Å². The Morgan fingerprint density at radius 1 is 0.667 bits per heavy atom. The van der Waals surface area contributed by atoms with Gasteiger partial charge in [0.1, 0.15) is 0 Å². The van der Waals surface area contributed by atoms with E-state index in [4.69, 9.17) is 0 Å². The maximum Gasteiger partial charge on any atom is 3.00 e. The van der Waals surface area contributed by atoms with Gasteiger partial charge in [-0.15, -0.1) is 28.0 Å². The number of benzene rings is 1. The zero-order valence-corrected chi connectivity index (χ0v) is 19.5. The van der Waals surface area contributed by atoms with Gasteiger partial charge in [-0.05, 0) is 20.8 Å². The van der Waals surface area contributed by atoms with Crippen molar-refractivity contribution in [2.24, 2.45) is 0 Å². The maximum absolute atomic E-state index is 2.33. The molecule has 21 heavy (non-hydrogen) atoms. The summed E-state index contributed by atoms with van der Waals surface area (Å²) in [5.41, 5.74) is 8.68. The quantitative estimate of drug-likeness (QED) is 0.376. The molecule has 2 aromatic rings. The van der Waals surface area contributed by atoms with E-state index in [1.807, 2.05) is 0 Å². The molecule has 0 bridgehead atoms. The molecular formula is C17H26Cl2SiZr. The SMILES string of the molecule is C[SiH]C.Cc1[cH-]c2c(C)c(C)c(C)c(C)c2c1C.[Cl-].[Cl-].[Zr+3]. The van der Waals surface area contributed by atoms with Gasteiger partial charge in [0, 0.05) is 9.52 Å². The van der Waals surface area contributed by atoms with Crippen LogP contribution in [0.5, 0.6) is 0 Å². The van der Waals surface area contributed by atoms with E-state index in [1.54, 1.807) is 0 Å². The van der Waals surface area contributed by atoms with Gasteiger partial charge >= 0.3 is 26.2 Å². The minimum absolute atomic E-state index is 0. The number of aryl methyl sites for hydroxylation is 4. The first-order valence-corrected chi connectivity index (χ1v) is 9.04. The fourth-order valence-corrected chi connectivity index (χ4v) is 2.53. The number of hydrogen-bond acceptors (Lipinski definition) is 0. The number of fused-ring (bicyclic) bond motifs is 1. The van der Waals surface area contributed by atoms with Crippen LogP contribution in [0.3, 0.4) is 0 Å². The Hall–Kier alpha value is 0.510. The third-order valence-electron chi connectivity index (χ3n) is 4.06. The van der Waals surface area contributed by atoms with Crippen LogP contribution < -0.4 is 24.8 Å². The van der Waals surface area contributed by atoms with Gasteiger partial charge in [0.05, 0.1) is 0 Å². The smallest absolute Gasteiger partial charge is 1.00 e. The van der Waals surface area contributed by atoms with E-state index >= 15 is 0 Å². The Labute approximate surface area is 164 Å². The summed E-state index contributed by atoms with van der Waals surface area (Å²) in [7, 11) is 0.750. The van der Waals surface area contributed by atoms with Gasteiger partial charge < -0.3 is 24.8 Å². The van der Waals surface area contributed by atoms with Gasteiger partial charge in [0.15, 0.2) is 0 Å². The second-order valence-corrected chi connectivity index (χ2v) is 6.47. The predicted molar refractivity (Wildman–Crippen MR) is 86.8 cm³/mol. The van der Waals surface area contributed by atoms with Crippen LogP contribution in [-0.2, 0) is 26.2 Å². The molecule has 0 nitrogen and oxygen atoms in total. The van der Waals surface area contributed by atoms with Gasteiger partial charge in [0.2, 0.25) is 0 Å². The van der Waals surface area contributed by atoms with Gasteiger partial charge in [0.25, 0.3) is 0 Å². The largest absolute Gasteiger partial charge is 3.00 e. The Morgan fingerprint density at radius 2 is 1.05 bits per heavy atom. The molecule has 2 radical (unpaired) electrons. The average molecular weight is 421 g/mol. The number of rotatable bonds is 0. The Balaban J connectivity index is -0.000000500. The standard InChI is InChI=1S/C15H19.C2H7Si.2ClH.Zr/c1-8-7-14-12(5)10(3)11(4)13(6)15(14)9(8)2;1-3-2;;;/h7H,1-6H3;3H,1-2H3;2*1H;/q-1;;;;+3/p-2. The third kappa shape index (κ3) is 5.27. The zero-order chi connectivity index (χ0) is 14.0. The first-order chi connectivity index (χ1) is 8.36. The van der Waals surface area contributed by atoms with E-state index in [-0.39, 0.29) is 51.0 Å². The van der Waals surface area contributed by atoms with Gasteiger partial charge in [-0.2, -0.15) is 5.56 Å². The summed E-state index contributed by atoms with van der Waals surface area (Å²) in [4.78, 5) is 0. The molecule has 0 aliphatic heterocycles. The van der Waals surface area contributed by atoms with Gasteiger partial charge in [-0.1, -0.05) is 50.6 Å². The Bertz CT molecular complexity index is 574. The van der Waals surface area contributed by atoms with Gasteiger partial charge in [-0.25, -0.2) is 0 Å². The molecule has 0 unspecified atom stereocenters. The van der Waals surface area contributed by atoms with Crippen molar-refractivity contribution in [3.05, 3.63) is 39.4 Å². The molecule has 0 N–H and O–H groups in total. The molecule has 4 heteroatoms. The van der Waals surface area contributed by atoms with Crippen molar-refractivity contribution in [3.8, 4) is 0 Å². The predicted octanol–water partition coefficient (Wildman–Crippen LogP) is -1.07. The molecular weight excluding hydrogens is 394 g/mol. The van der Waals surface area contributed by atoms with Crippen molar-refractivity contribution in [1.82, 2.24) is 0 Å². The molecule has 0 fully saturated rings. The van der Waals surface area contributed by atoms with E-state index in [9.17, 15) is 0 Å². The first-order valence-electron chi connectivity index (χ1n) is 6.73. The maximum atomic E-state index is 2.33. The van der Waals surface area contributed by atoms with E-state index in [2.05, 4.69) is 60.7 Å². The molecule has 116 valence electrons. The number of hydrogen-bond donors (Lipinski definition) is 0. The molecule has 0 spiro atoms. The summed E-state index contributed by atoms with van der Waals surface area (Å²) in [6.45, 7) is 17.8. The van der Waals surface area contributed by atoms with Crippen LogP contribution >= 0.6 is 0 Å². The van der Waals surface area contributed by atoms with Crippen molar-refractivity contribution in [3.63, 3.8) is 0 Å². The van der Waals surface area contributed by atoms with E-state index in [1.165, 1.54) is 44.2 Å². The van der Waals surface area contributed by atoms with Crippen LogP contribution in [0.25, 0.3) is 10.8 Å². The summed E-state index contributed by atoms with van der Waals surface area (Å²) < 4.78 is 0. The molecule has 0 aliphatic carbocycles. The molecule has 0 atom stereocenters. The number of halogens is 2. The summed E-state index contributed by atoms with van der Waals surface area (Å²) in [5.74, 6) is 0. The van der Waals surface area contributed by atoms with Crippen LogP contribution in [0.1, 0.15) is 33.4 Å². The molecule has 0 heterocycles. The van der Waals surface area contributed by atoms with Crippen LogP contribution in [0.2, 0.25) is 13.1 Å². The van der Waals surface area contributed by atoms with Crippen LogP contribution in [0.4, 0.5) is 0 Å². The van der Waals surface area contributed by atoms with Crippen LogP contribution in [0, 0.1) is 41.5 Å². The minimum Gasteiger partial charge on any atom is -1.00 e. The normalized spacial score (nSPS) is 8.95. The molecule has 0 saturated carbocycles. The minimum atomic E-state index is 0. The summed E-state index contributed by atoms with van der Waals surface area (Å²) in [6.07, 6.45) is 0. The third-order valence-corrected chi connectivity index (χ3v) is 4.06. The molecule has 2 aromatic carbocycles. The molecule has 0 amide bonds. The topological polar surface area (TPSA) is 0 Å². The Kier molecular flexibility index (Phi) is 14.0. The Morgan fingerprint density at radius 3 is 1.48 bits per heavy atom. The van der Waals surface area contributed by atoms with Crippen molar-refractivity contribution in [2.45, 2.75) is 54.6 Å². The molecule has 0 saturated heterocycles. The van der Waals surface area contributed by atoms with E-state index in [0.29, 0.717) is 0 Å². The van der Waals surface area contributed by atoms with E-state index in [0.717, 1.165) is 9.52 Å². The van der Waals surface area contributed by atoms with E-state index < -0.39 is 0 Å². The molecule has 0 aromatic heterocycles. The van der Waals surface area contributed by atoms with Crippen molar-refractivity contribution < 1.29 is 51.0 Å². The van der Waals surface area contributed by atoms with Crippen molar-refractivity contribution in [2.75, 3.05) is 0 Å². The fraction of sp³-hybridized carbons (Fsp3) is 0.471. The molecule has 2 rings (SSSR count). The monoisotopic (exact) mass is 418 g/mol. The second-order valence-electron chi connectivity index (χ2n) is 5.32. The zero-order valence-electron chi connectivity index (χ0n) is 14.4. The van der Waals surface area contributed by atoms with Crippen LogP contribution in [-0.4, -0.2) is 9.52 Å². The average Bonchev–Trinajstić information content (AvgIpc) is 2.62. The molecule has 0 aliphatic rings.